The molecule has 4 heterocycles. The van der Waals surface area contributed by atoms with Crippen LogP contribution in [0.2, 0.25) is 51.4 Å². The van der Waals surface area contributed by atoms with Gasteiger partial charge in [0.15, 0.2) is 0 Å². The molecule has 3 aliphatic heterocycles. The number of amides is 2. The fourth-order valence-electron chi connectivity index (χ4n) is 9.41. The fourth-order valence-corrected chi connectivity index (χ4v) is 10.9. The quantitative estimate of drug-likeness (QED) is 0.0938. The number of imidazole rings is 1. The van der Waals surface area contributed by atoms with Crippen molar-refractivity contribution in [3.05, 3.63) is 58.4 Å². The smallest absolute Gasteiger partial charge is 0.410 e. The van der Waals surface area contributed by atoms with Gasteiger partial charge in [-0.15, -0.1) is 0 Å². The molecule has 0 radical (unpaired) electrons. The number of rotatable bonds is 18. The number of carbonyl (C=O) groups is 2. The maximum atomic E-state index is 16.2. The first kappa shape index (κ1) is 54.6. The minimum atomic E-state index is -1.40. The van der Waals surface area contributed by atoms with Crippen LogP contribution in [0.1, 0.15) is 134 Å². The van der Waals surface area contributed by atoms with Gasteiger partial charge in [-0.1, -0.05) is 39.3 Å². The lowest BCUT2D eigenvalue weighted by Crippen LogP contribution is -2.45. The van der Waals surface area contributed by atoms with E-state index < -0.39 is 63.3 Å². The van der Waals surface area contributed by atoms with Gasteiger partial charge in [0, 0.05) is 77.9 Å². The predicted molar refractivity (Wildman–Crippen MR) is 273 cm³/mol. The van der Waals surface area contributed by atoms with E-state index in [0.717, 1.165) is 37.1 Å². The Bertz CT molecular complexity index is 2300. The Kier molecular flexibility index (Phi) is 17.7. The molecule has 3 aromatic rings. The van der Waals surface area contributed by atoms with Crippen molar-refractivity contribution >= 4 is 50.8 Å². The summed E-state index contributed by atoms with van der Waals surface area (Å²) in [7, 11) is -2.68. The summed E-state index contributed by atoms with van der Waals surface area (Å²) in [5.74, 6) is -0.712. The second-order valence-corrected chi connectivity index (χ2v) is 35.1. The van der Waals surface area contributed by atoms with E-state index in [4.69, 9.17) is 28.9 Å². The van der Waals surface area contributed by atoms with Gasteiger partial charge >= 0.3 is 12.2 Å². The molecule has 2 N–H and O–H groups in total. The highest BCUT2D eigenvalue weighted by atomic mass is 28.3. The lowest BCUT2D eigenvalue weighted by Gasteiger charge is -2.31. The summed E-state index contributed by atoms with van der Waals surface area (Å²) in [6, 6.07) is 7.18. The van der Waals surface area contributed by atoms with E-state index in [2.05, 4.69) is 39.3 Å². The molecule has 2 fully saturated rings. The lowest BCUT2D eigenvalue weighted by atomic mass is 9.88. The van der Waals surface area contributed by atoms with Crippen LogP contribution in [0.3, 0.4) is 0 Å². The van der Waals surface area contributed by atoms with Crippen LogP contribution < -0.4 is 0 Å². The van der Waals surface area contributed by atoms with E-state index in [9.17, 15) is 19.8 Å². The number of aryl methyl sites for hydroxylation is 1. The zero-order valence-corrected chi connectivity index (χ0v) is 45.6. The zero-order chi connectivity index (χ0) is 50.6. The Morgan fingerprint density at radius 1 is 0.739 bits per heavy atom. The largest absolute Gasteiger partial charge is 0.444 e. The minimum absolute atomic E-state index is 0.000720. The van der Waals surface area contributed by atoms with Crippen molar-refractivity contribution < 1.29 is 47.5 Å². The summed E-state index contributed by atoms with van der Waals surface area (Å²) in [4.78, 5) is 40.6. The van der Waals surface area contributed by atoms with E-state index >= 15 is 8.78 Å². The summed E-state index contributed by atoms with van der Waals surface area (Å²) in [5.41, 5.74) is 1.67. The van der Waals surface area contributed by atoms with Crippen LogP contribution >= 0.6 is 0 Å². The highest BCUT2D eigenvalue weighted by molar-refractivity contribution is 6.76. The Morgan fingerprint density at radius 2 is 1.28 bits per heavy atom. The normalized spacial score (nSPS) is 20.2. The summed E-state index contributed by atoms with van der Waals surface area (Å²) in [5, 5.41) is 23.1. The van der Waals surface area contributed by atoms with Crippen LogP contribution in [0.15, 0.2) is 29.3 Å². The third kappa shape index (κ3) is 14.9. The van der Waals surface area contributed by atoms with E-state index in [1.807, 2.05) is 46.1 Å². The summed E-state index contributed by atoms with van der Waals surface area (Å²) in [6.45, 7) is 27.7. The van der Waals surface area contributed by atoms with E-state index in [-0.39, 0.29) is 48.8 Å². The van der Waals surface area contributed by atoms with Gasteiger partial charge < -0.3 is 33.7 Å². The number of likely N-dealkylation sites (tertiary alicyclic amines) is 2. The van der Waals surface area contributed by atoms with Crippen LogP contribution in [0, 0.1) is 17.6 Å². The summed E-state index contributed by atoms with van der Waals surface area (Å²) < 4.78 is 58.0. The van der Waals surface area contributed by atoms with Gasteiger partial charge in [0.05, 0.1) is 41.0 Å². The third-order valence-corrected chi connectivity index (χ3v) is 16.6. The fraction of sp³-hybridized carbons (Fsp3) is 0.692. The average Bonchev–Trinajstić information content (AvgIpc) is 3.97. The van der Waals surface area contributed by atoms with Crippen LogP contribution in [-0.2, 0) is 32.1 Å². The molecule has 0 aliphatic carbocycles. The molecule has 0 bridgehead atoms. The Morgan fingerprint density at radius 3 is 1.86 bits per heavy atom. The van der Waals surface area contributed by atoms with Gasteiger partial charge in [-0.05, 0) is 135 Å². The first-order valence-corrected chi connectivity index (χ1v) is 32.7. The number of aliphatic hydroxyl groups is 2. The maximum Gasteiger partial charge on any atom is 0.410 e. The molecule has 5 atom stereocenters. The second-order valence-electron chi connectivity index (χ2n) is 23.9. The molecule has 0 saturated carbocycles. The molecule has 2 amide bonds. The molecule has 2 aromatic carbocycles. The van der Waals surface area contributed by atoms with Crippen molar-refractivity contribution in [1.29, 1.82) is 0 Å². The molecule has 0 spiro atoms. The molecule has 6 rings (SSSR count). The lowest BCUT2D eigenvalue weighted by molar-refractivity contribution is 0.0203. The van der Waals surface area contributed by atoms with Crippen molar-refractivity contribution in [3.63, 3.8) is 0 Å². The molecule has 1 aromatic heterocycles. The van der Waals surface area contributed by atoms with Crippen LogP contribution in [0.5, 0.6) is 0 Å². The number of carbonyl (C=O) groups excluding carboxylic acids is 2. The Balaban J connectivity index is 1.24. The number of aromatic nitrogens is 2. The van der Waals surface area contributed by atoms with Gasteiger partial charge in [0.2, 0.25) is 0 Å². The van der Waals surface area contributed by atoms with Crippen molar-refractivity contribution in [3.8, 4) is 0 Å². The number of fused-ring (bicyclic) bond motifs is 2. The van der Waals surface area contributed by atoms with E-state index in [1.54, 1.807) is 15.9 Å². The molecular formula is C52H81F2N5O8Si2. The number of hydrogen-bond donors (Lipinski definition) is 2. The van der Waals surface area contributed by atoms with Gasteiger partial charge in [-0.2, -0.15) is 0 Å². The SMILES string of the molecule is CC(C)(C)OC(=O)N1CCCC1C1=Nc2cc(C(O)CCC(O)c3cc4nc(C5CCCN5C(=O)OC(C)(C)C)n(COCC[Si](C)(C)C)c4cc3F)c(F)cc2CCC1CCOCC[Si](C)(C)C. The van der Waals surface area contributed by atoms with E-state index in [0.29, 0.717) is 86.7 Å². The number of hydrogen-bond acceptors (Lipinski definition) is 10. The number of benzene rings is 2. The van der Waals surface area contributed by atoms with Crippen LogP contribution in [0.4, 0.5) is 24.1 Å². The maximum absolute atomic E-state index is 16.2. The minimum Gasteiger partial charge on any atom is -0.444 e. The Hall–Kier alpha value is -3.75. The number of aliphatic hydroxyl groups excluding tert-OH is 2. The van der Waals surface area contributed by atoms with Gasteiger partial charge in [0.1, 0.15) is 35.4 Å². The molecule has 5 unspecified atom stereocenters. The molecule has 384 valence electrons. The van der Waals surface area contributed by atoms with Crippen molar-refractivity contribution in [2.45, 2.75) is 193 Å². The standard InChI is InChI=1S/C52H81F2N5O8Si2/c1-51(2,3)66-49(62)57-22-13-15-42(57)47-34(21-24-64-25-27-68(7,8)9)17-18-35-29-38(53)36(30-40(35)55-47)45(60)19-20-46(61)37-31-41-44(32-39(37)54)59(33-65-26-28-69(10,11)12)48(56-41)43-16-14-23-58(43)50(63)67-52(4,5)6/h29-32,34,42-43,45-46,60-61H,13-28,33H2,1-12H3. The van der Waals surface area contributed by atoms with Crippen molar-refractivity contribution in [2.75, 3.05) is 32.9 Å². The average molecular weight is 998 g/mol. The molecule has 13 nitrogen and oxygen atoms in total. The topological polar surface area (TPSA) is 148 Å². The number of nitrogens with zero attached hydrogens (tertiary/aromatic N) is 5. The van der Waals surface area contributed by atoms with Crippen molar-refractivity contribution in [2.24, 2.45) is 10.9 Å². The summed E-state index contributed by atoms with van der Waals surface area (Å²) >= 11 is 0. The zero-order valence-electron chi connectivity index (χ0n) is 43.6. The second kappa shape index (κ2) is 22.3. The first-order valence-electron chi connectivity index (χ1n) is 25.3. The van der Waals surface area contributed by atoms with Crippen LogP contribution in [-0.4, -0.2) is 114 Å². The van der Waals surface area contributed by atoms with Gasteiger partial charge in [-0.25, -0.2) is 23.4 Å². The summed E-state index contributed by atoms with van der Waals surface area (Å²) in [6.07, 6.45) is 1.17. The highest BCUT2D eigenvalue weighted by Gasteiger charge is 2.40. The highest BCUT2D eigenvalue weighted by Crippen LogP contribution is 2.40. The molecular weight excluding hydrogens is 917 g/mol. The molecule has 69 heavy (non-hydrogen) atoms. The van der Waals surface area contributed by atoms with Gasteiger partial charge in [-0.3, -0.25) is 14.8 Å². The molecule has 3 aliphatic rings. The van der Waals surface area contributed by atoms with Gasteiger partial charge in [0.25, 0.3) is 0 Å². The molecule has 17 heteroatoms. The third-order valence-electron chi connectivity index (χ3n) is 13.2. The molecule has 2 saturated heterocycles. The first-order chi connectivity index (χ1) is 32.2. The number of aliphatic imine (C=N–C) groups is 1. The predicted octanol–water partition coefficient (Wildman–Crippen LogP) is 12.0. The Labute approximate surface area is 411 Å². The number of ether oxygens (including phenoxy) is 4. The van der Waals surface area contributed by atoms with E-state index in [1.165, 1.54) is 18.2 Å². The van der Waals surface area contributed by atoms with Crippen LogP contribution in [0.25, 0.3) is 11.0 Å². The monoisotopic (exact) mass is 998 g/mol. The number of halogens is 2. The van der Waals surface area contributed by atoms with Crippen molar-refractivity contribution in [1.82, 2.24) is 19.4 Å².